The van der Waals surface area contributed by atoms with Crippen LogP contribution in [0.15, 0.2) is 42.5 Å². The molecule has 3 rings (SSSR count). The molecule has 3 nitrogen and oxygen atoms in total. The number of thiophene rings is 1. The standard InChI is InChI=1S/C16H17NO2S/c1-12-7-8-15(20-12)16(18)17-9-10-19-14(11-17)13-5-3-2-4-6-13/h2-8,14H,9-11H2,1H3. The normalized spacial score (nSPS) is 19.1. The van der Waals surface area contributed by atoms with Gasteiger partial charge in [-0.25, -0.2) is 0 Å². The highest BCUT2D eigenvalue weighted by Gasteiger charge is 2.26. The fraction of sp³-hybridized carbons (Fsp3) is 0.312. The lowest BCUT2D eigenvalue weighted by molar-refractivity contribution is -0.0226. The number of morpholine rings is 1. The molecule has 1 aromatic carbocycles. The summed E-state index contributed by atoms with van der Waals surface area (Å²) < 4.78 is 5.79. The Morgan fingerprint density at radius 3 is 2.75 bits per heavy atom. The number of aryl methyl sites for hydroxylation is 1. The molecule has 2 aromatic rings. The number of carbonyl (C=O) groups is 1. The summed E-state index contributed by atoms with van der Waals surface area (Å²) in [6.07, 6.45) is -0.0186. The zero-order valence-corrected chi connectivity index (χ0v) is 12.2. The van der Waals surface area contributed by atoms with Crippen LogP contribution < -0.4 is 0 Å². The number of benzene rings is 1. The number of hydrogen-bond donors (Lipinski definition) is 0. The summed E-state index contributed by atoms with van der Waals surface area (Å²) in [5.74, 6) is 0.118. The van der Waals surface area contributed by atoms with Crippen molar-refractivity contribution in [1.82, 2.24) is 4.90 Å². The molecule has 0 radical (unpaired) electrons. The van der Waals surface area contributed by atoms with Crippen LogP contribution in [0, 0.1) is 6.92 Å². The molecule has 1 unspecified atom stereocenters. The summed E-state index contributed by atoms with van der Waals surface area (Å²) >= 11 is 1.55. The van der Waals surface area contributed by atoms with E-state index in [4.69, 9.17) is 4.74 Å². The first-order valence-electron chi connectivity index (χ1n) is 6.76. The number of amides is 1. The van der Waals surface area contributed by atoms with Gasteiger partial charge >= 0.3 is 0 Å². The van der Waals surface area contributed by atoms with Crippen molar-refractivity contribution in [3.63, 3.8) is 0 Å². The first kappa shape index (κ1) is 13.3. The van der Waals surface area contributed by atoms with Crippen molar-refractivity contribution in [2.24, 2.45) is 0 Å². The van der Waals surface area contributed by atoms with Gasteiger partial charge in [0.25, 0.3) is 5.91 Å². The Morgan fingerprint density at radius 1 is 1.25 bits per heavy atom. The highest BCUT2D eigenvalue weighted by molar-refractivity contribution is 7.13. The van der Waals surface area contributed by atoms with E-state index >= 15 is 0 Å². The molecule has 0 spiro atoms. The number of carbonyl (C=O) groups excluding carboxylic acids is 1. The van der Waals surface area contributed by atoms with Gasteiger partial charge < -0.3 is 9.64 Å². The molecule has 4 heteroatoms. The Morgan fingerprint density at radius 2 is 2.05 bits per heavy atom. The minimum Gasteiger partial charge on any atom is -0.370 e. The van der Waals surface area contributed by atoms with Crippen LogP contribution in [0.25, 0.3) is 0 Å². The second kappa shape index (κ2) is 5.77. The van der Waals surface area contributed by atoms with Crippen molar-refractivity contribution < 1.29 is 9.53 Å². The molecule has 1 saturated heterocycles. The molecule has 1 aromatic heterocycles. The van der Waals surface area contributed by atoms with Crippen LogP contribution in [0.3, 0.4) is 0 Å². The Kier molecular flexibility index (Phi) is 3.85. The van der Waals surface area contributed by atoms with E-state index in [1.165, 1.54) is 4.88 Å². The van der Waals surface area contributed by atoms with Crippen molar-refractivity contribution in [2.75, 3.05) is 19.7 Å². The minimum absolute atomic E-state index is 0.0186. The van der Waals surface area contributed by atoms with Crippen LogP contribution in [-0.4, -0.2) is 30.5 Å². The van der Waals surface area contributed by atoms with Gasteiger partial charge in [0.1, 0.15) is 6.10 Å². The van der Waals surface area contributed by atoms with Crippen molar-refractivity contribution in [3.8, 4) is 0 Å². The Bertz CT molecular complexity index is 594. The van der Waals surface area contributed by atoms with Crippen LogP contribution >= 0.6 is 11.3 Å². The molecule has 2 heterocycles. The van der Waals surface area contributed by atoms with E-state index in [2.05, 4.69) is 0 Å². The van der Waals surface area contributed by atoms with Crippen LogP contribution in [0.1, 0.15) is 26.2 Å². The predicted molar refractivity (Wildman–Crippen MR) is 80.1 cm³/mol. The van der Waals surface area contributed by atoms with E-state index in [1.54, 1.807) is 11.3 Å². The maximum Gasteiger partial charge on any atom is 0.264 e. The Hall–Kier alpha value is -1.65. The summed E-state index contributed by atoms with van der Waals surface area (Å²) in [7, 11) is 0. The van der Waals surface area contributed by atoms with Crippen LogP contribution in [0.4, 0.5) is 0 Å². The average Bonchev–Trinajstić information content (AvgIpc) is 2.94. The SMILES string of the molecule is Cc1ccc(C(=O)N2CCOC(c3ccccc3)C2)s1. The Labute approximate surface area is 122 Å². The number of rotatable bonds is 2. The molecule has 0 N–H and O–H groups in total. The van der Waals surface area contributed by atoms with Gasteiger partial charge in [0, 0.05) is 11.4 Å². The van der Waals surface area contributed by atoms with Crippen molar-refractivity contribution in [3.05, 3.63) is 57.8 Å². The van der Waals surface area contributed by atoms with E-state index in [1.807, 2.05) is 54.3 Å². The fourth-order valence-corrected chi connectivity index (χ4v) is 3.24. The molecule has 0 aliphatic carbocycles. The second-order valence-electron chi connectivity index (χ2n) is 4.93. The number of ether oxygens (including phenoxy) is 1. The van der Waals surface area contributed by atoms with E-state index in [9.17, 15) is 4.79 Å². The van der Waals surface area contributed by atoms with Gasteiger partial charge in [-0.1, -0.05) is 30.3 Å². The van der Waals surface area contributed by atoms with Gasteiger partial charge in [0.05, 0.1) is 18.0 Å². The zero-order valence-electron chi connectivity index (χ0n) is 11.4. The van der Waals surface area contributed by atoms with Crippen LogP contribution in [-0.2, 0) is 4.74 Å². The first-order chi connectivity index (χ1) is 9.74. The predicted octanol–water partition coefficient (Wildman–Crippen LogP) is 3.27. The van der Waals surface area contributed by atoms with E-state index in [0.717, 1.165) is 10.4 Å². The van der Waals surface area contributed by atoms with Crippen LogP contribution in [0.2, 0.25) is 0 Å². The van der Waals surface area contributed by atoms with Gasteiger partial charge in [-0.2, -0.15) is 0 Å². The molecule has 1 atom stereocenters. The number of nitrogens with zero attached hydrogens (tertiary/aromatic N) is 1. The van der Waals surface area contributed by atoms with Gasteiger partial charge in [-0.15, -0.1) is 11.3 Å². The summed E-state index contributed by atoms with van der Waals surface area (Å²) in [6.45, 7) is 3.90. The molecule has 1 aliphatic rings. The summed E-state index contributed by atoms with van der Waals surface area (Å²) in [5.41, 5.74) is 1.13. The maximum atomic E-state index is 12.5. The molecule has 104 valence electrons. The topological polar surface area (TPSA) is 29.5 Å². The summed E-state index contributed by atoms with van der Waals surface area (Å²) in [5, 5.41) is 0. The fourth-order valence-electron chi connectivity index (χ4n) is 2.41. The lowest BCUT2D eigenvalue weighted by Gasteiger charge is -2.33. The largest absolute Gasteiger partial charge is 0.370 e. The molecule has 1 fully saturated rings. The molecule has 1 aliphatic heterocycles. The lowest BCUT2D eigenvalue weighted by Crippen LogP contribution is -2.42. The quantitative estimate of drug-likeness (QED) is 0.848. The molecule has 0 saturated carbocycles. The smallest absolute Gasteiger partial charge is 0.264 e. The highest BCUT2D eigenvalue weighted by atomic mass is 32.1. The van der Waals surface area contributed by atoms with Crippen molar-refractivity contribution >= 4 is 17.2 Å². The van der Waals surface area contributed by atoms with E-state index < -0.39 is 0 Å². The van der Waals surface area contributed by atoms with E-state index in [-0.39, 0.29) is 12.0 Å². The van der Waals surface area contributed by atoms with E-state index in [0.29, 0.717) is 19.7 Å². The van der Waals surface area contributed by atoms with Gasteiger partial charge in [-0.05, 0) is 24.6 Å². The van der Waals surface area contributed by atoms with Crippen LogP contribution in [0.5, 0.6) is 0 Å². The number of hydrogen-bond acceptors (Lipinski definition) is 3. The Balaban J connectivity index is 1.74. The van der Waals surface area contributed by atoms with Gasteiger partial charge in [0.2, 0.25) is 0 Å². The maximum absolute atomic E-state index is 12.5. The van der Waals surface area contributed by atoms with Crippen molar-refractivity contribution in [2.45, 2.75) is 13.0 Å². The van der Waals surface area contributed by atoms with Gasteiger partial charge in [-0.3, -0.25) is 4.79 Å². The molecular formula is C16H17NO2S. The third-order valence-electron chi connectivity index (χ3n) is 3.48. The summed E-state index contributed by atoms with van der Waals surface area (Å²) in [4.78, 5) is 16.3. The van der Waals surface area contributed by atoms with Gasteiger partial charge in [0.15, 0.2) is 0 Å². The monoisotopic (exact) mass is 287 g/mol. The lowest BCUT2D eigenvalue weighted by atomic mass is 10.1. The highest BCUT2D eigenvalue weighted by Crippen LogP contribution is 2.24. The molecule has 1 amide bonds. The van der Waals surface area contributed by atoms with Crippen molar-refractivity contribution in [1.29, 1.82) is 0 Å². The molecule has 0 bridgehead atoms. The zero-order chi connectivity index (χ0) is 13.9. The molecular weight excluding hydrogens is 270 g/mol. The third-order valence-corrected chi connectivity index (χ3v) is 4.46. The summed E-state index contributed by atoms with van der Waals surface area (Å²) in [6, 6.07) is 14.0. The first-order valence-corrected chi connectivity index (χ1v) is 7.58. The minimum atomic E-state index is -0.0186. The second-order valence-corrected chi connectivity index (χ2v) is 6.22. The molecule has 20 heavy (non-hydrogen) atoms. The third kappa shape index (κ3) is 2.76. The average molecular weight is 287 g/mol.